The summed E-state index contributed by atoms with van der Waals surface area (Å²) >= 11 is 0. The normalized spacial score (nSPS) is 23.9. The summed E-state index contributed by atoms with van der Waals surface area (Å²) in [7, 11) is -6.97. The maximum Gasteiger partial charge on any atom is 4.00 e. The topological polar surface area (TPSA) is 56.4 Å². The van der Waals surface area contributed by atoms with Gasteiger partial charge >= 0.3 is 86.9 Å². The predicted molar refractivity (Wildman–Crippen MR) is 434 cm³/mol. The van der Waals surface area contributed by atoms with Crippen molar-refractivity contribution in [2.45, 2.75) is 350 Å². The molecule has 0 heterocycles. The van der Waals surface area contributed by atoms with Crippen LogP contribution in [0.3, 0.4) is 0 Å². The molecule has 0 aliphatic heterocycles. The van der Waals surface area contributed by atoms with Crippen molar-refractivity contribution in [3.63, 3.8) is 0 Å². The second kappa shape index (κ2) is 48.6. The van der Waals surface area contributed by atoms with E-state index >= 15 is 0 Å². The maximum atomic E-state index is 5.52. The van der Waals surface area contributed by atoms with Gasteiger partial charge in [0.05, 0.1) is 0 Å². The van der Waals surface area contributed by atoms with Crippen molar-refractivity contribution in [2.24, 2.45) is 47.3 Å². The van der Waals surface area contributed by atoms with Crippen molar-refractivity contribution in [1.29, 1.82) is 0 Å². The van der Waals surface area contributed by atoms with E-state index in [1.165, 1.54) is 193 Å². The second-order valence-electron chi connectivity index (χ2n) is 34.0. The molecule has 0 N–H and O–H groups in total. The molecular formula is C82H164N4Si4Ti4. The second-order valence-corrected chi connectivity index (χ2v) is 49.5. The van der Waals surface area contributed by atoms with Crippen molar-refractivity contribution in [3.8, 4) is 0 Å². The number of unbranched alkanes of at least 4 members (excludes halogenated alkanes) is 4. The van der Waals surface area contributed by atoms with E-state index in [0.29, 0.717) is 0 Å². The van der Waals surface area contributed by atoms with Gasteiger partial charge in [0.2, 0.25) is 0 Å². The zero-order valence-corrected chi connectivity index (χ0v) is 79.9. The van der Waals surface area contributed by atoms with Gasteiger partial charge in [0.15, 0.2) is 0 Å². The van der Waals surface area contributed by atoms with E-state index < -0.39 is 32.9 Å². The van der Waals surface area contributed by atoms with Crippen LogP contribution in [0.25, 0.3) is 19.9 Å². The molecule has 4 saturated carbocycles. The number of allylic oxidation sites excluding steroid dienone is 8. The monoisotopic (exact) mass is 1510 g/mol. The van der Waals surface area contributed by atoms with Crippen LogP contribution in [0, 0.1) is 136 Å². The van der Waals surface area contributed by atoms with Crippen LogP contribution in [-0.4, -0.2) is 55.1 Å². The van der Waals surface area contributed by atoms with Gasteiger partial charge in [-0.05, 0) is 209 Å². The molecule has 0 bridgehead atoms. The first kappa shape index (κ1) is 118. The SMILES string of the molecule is CC(C)(C)[N-][Si](C)(C)C1=C(CCCCCC2=C([Si](C)(C)[N-]C(C)(C)C)[C@H]3CCCCC3C2)CC2CCCCC12.CC(C)(C)[N-][Si](C)(C)C1=C(CCCCCC2=C([Si](C)(C)[N-]C(C)(C)C)[C@H]3CCCCC3C2)CC2CCCCC12.[CH3-].[CH3-].[CH3-].[CH3-].[CH3-].[CH3-].[CH3-].[CH3-].[CH3-].[CH3-].[CH3-].[CH3-].[Ti+4].[Ti+4].[Ti+4].[Ti+4]. The van der Waals surface area contributed by atoms with Gasteiger partial charge in [0.25, 0.3) is 0 Å². The summed E-state index contributed by atoms with van der Waals surface area (Å²) < 4.78 is 0. The molecule has 0 aromatic heterocycles. The standard InChI is InChI=1S/2C35H64N2Si2.12CH3.4Ti/c2*1-34(2,3)36-38(7,8)32-28(24-26-18-14-16-22-30(26)32)20-12-11-13-21-29-25-27-19-15-17-23-31(27)33(29)39(9,10)37-35(4,5)6;;;;;;;;;;;;;;;;/h2*26-27,30-31H,11-25H2,1-10H3;12*1H3;;;;/q2*-2;12*-1;4*+4/t2*26?,27?,30-,31?;;;;;;;;;;;;;;;;/m00................/s1. The van der Waals surface area contributed by atoms with E-state index in [-0.39, 0.29) is 198 Å². The van der Waals surface area contributed by atoms with Crippen molar-refractivity contribution >= 4 is 32.9 Å². The van der Waals surface area contributed by atoms with E-state index in [2.05, 4.69) is 135 Å². The Morgan fingerprint density at radius 2 is 0.404 bits per heavy atom. The average molecular weight is 1510 g/mol. The molecule has 0 aromatic rings. The van der Waals surface area contributed by atoms with Crippen LogP contribution in [0.4, 0.5) is 0 Å². The van der Waals surface area contributed by atoms with Gasteiger partial charge in [0, 0.05) is 0 Å². The van der Waals surface area contributed by atoms with Gasteiger partial charge in [-0.15, -0.1) is 22.2 Å². The van der Waals surface area contributed by atoms with E-state index in [1.54, 1.807) is 0 Å². The molecule has 0 aromatic carbocycles. The predicted octanol–water partition coefficient (Wildman–Crippen LogP) is 29.0. The Hall–Kier alpha value is 2.52. The zero-order valence-electron chi connectivity index (χ0n) is 69.6. The minimum Gasteiger partial charge on any atom is -0.656 e. The summed E-state index contributed by atoms with van der Waals surface area (Å²) in [6, 6.07) is 0. The van der Waals surface area contributed by atoms with Crippen molar-refractivity contribution in [2.75, 3.05) is 0 Å². The van der Waals surface area contributed by atoms with Gasteiger partial charge < -0.3 is 109 Å². The molecule has 0 saturated heterocycles. The fourth-order valence-corrected chi connectivity index (χ4v) is 36.6. The Kier molecular flexibility index (Phi) is 60.8. The molecule has 8 rings (SSSR count). The van der Waals surface area contributed by atoms with Gasteiger partial charge in [-0.2, -0.15) is 0 Å². The minimum absolute atomic E-state index is 0. The maximum absolute atomic E-state index is 5.52. The molecule has 0 amide bonds. The number of nitrogens with zero attached hydrogens (tertiary/aromatic N) is 4. The molecule has 8 aliphatic carbocycles. The van der Waals surface area contributed by atoms with E-state index in [9.17, 15) is 0 Å². The van der Waals surface area contributed by atoms with Gasteiger partial charge in [0.1, 0.15) is 0 Å². The Labute approximate surface area is 663 Å². The number of rotatable bonds is 20. The van der Waals surface area contributed by atoms with Crippen LogP contribution >= 0.6 is 0 Å². The molecule has 8 aliphatic rings. The van der Waals surface area contributed by atoms with E-state index in [4.69, 9.17) is 19.9 Å². The van der Waals surface area contributed by atoms with Crippen LogP contribution in [0.15, 0.2) is 43.1 Å². The molecule has 94 heavy (non-hydrogen) atoms. The van der Waals surface area contributed by atoms with Crippen LogP contribution in [-0.2, 0) is 86.9 Å². The van der Waals surface area contributed by atoms with Gasteiger partial charge in [-0.1, -0.05) is 243 Å². The first-order valence-corrected chi connectivity index (χ1v) is 45.8. The summed E-state index contributed by atoms with van der Waals surface area (Å²) in [5.74, 6) is 7.25. The molecule has 544 valence electrons. The summed E-state index contributed by atoms with van der Waals surface area (Å²) in [5.41, 5.74) is 7.84. The number of hydrogen-bond donors (Lipinski definition) is 0. The quantitative estimate of drug-likeness (QED) is 0.0663. The van der Waals surface area contributed by atoms with Crippen LogP contribution in [0.2, 0.25) is 52.4 Å². The van der Waals surface area contributed by atoms with E-state index in [0.717, 1.165) is 47.3 Å². The van der Waals surface area contributed by atoms with Gasteiger partial charge in [-0.25, -0.2) is 0 Å². The third kappa shape index (κ3) is 32.9. The zero-order chi connectivity index (χ0) is 57.3. The Balaban J connectivity index is -0.000000160. The number of hydrogen-bond acceptors (Lipinski definition) is 0. The summed E-state index contributed by atoms with van der Waals surface area (Å²) in [6.45, 7) is 48.3. The number of fused-ring (bicyclic) bond motifs is 4. The smallest absolute Gasteiger partial charge is 0.656 e. The van der Waals surface area contributed by atoms with Crippen LogP contribution < -0.4 is 0 Å². The molecule has 6 unspecified atom stereocenters. The van der Waals surface area contributed by atoms with Crippen LogP contribution in [0.1, 0.15) is 276 Å². The third-order valence-electron chi connectivity index (χ3n) is 20.7. The summed E-state index contributed by atoms with van der Waals surface area (Å²) in [6.07, 6.45) is 42.7. The average Bonchev–Trinajstić information content (AvgIpc) is 4.10. The Morgan fingerprint density at radius 1 is 0.255 bits per heavy atom. The molecular weight excluding hydrogens is 1340 g/mol. The largest absolute Gasteiger partial charge is 4.00 e. The molecule has 8 atom stereocenters. The van der Waals surface area contributed by atoms with Crippen LogP contribution in [0.5, 0.6) is 0 Å². The molecule has 0 spiro atoms. The van der Waals surface area contributed by atoms with Crippen molar-refractivity contribution < 1.29 is 86.9 Å². The third-order valence-corrected chi connectivity index (χ3v) is 33.8. The summed E-state index contributed by atoms with van der Waals surface area (Å²) in [4.78, 5) is 22.1. The molecule has 0 radical (unpaired) electrons. The first-order valence-electron chi connectivity index (χ1n) is 34.0. The first-order chi connectivity index (χ1) is 36.1. The molecule has 4 fully saturated rings. The van der Waals surface area contributed by atoms with E-state index in [1.807, 2.05) is 43.1 Å². The van der Waals surface area contributed by atoms with Crippen molar-refractivity contribution in [3.05, 3.63) is 152 Å². The summed E-state index contributed by atoms with van der Waals surface area (Å²) in [5, 5.41) is 7.62. The fraction of sp³-hybridized carbons (Fsp3) is 0.756. The fourth-order valence-electron chi connectivity index (χ4n) is 19.9. The Morgan fingerprint density at radius 3 is 0.553 bits per heavy atom. The Bertz CT molecular complexity index is 1860. The molecule has 12 heteroatoms. The minimum atomic E-state index is -1.74. The van der Waals surface area contributed by atoms with Gasteiger partial charge in [-0.3, -0.25) is 0 Å². The molecule has 4 nitrogen and oxygen atoms in total. The van der Waals surface area contributed by atoms with Crippen molar-refractivity contribution in [1.82, 2.24) is 0 Å².